The van der Waals surface area contributed by atoms with Gasteiger partial charge in [-0.3, -0.25) is 9.59 Å². The number of hydrogen-bond acceptors (Lipinski definition) is 8. The molecule has 1 aromatic carbocycles. The van der Waals surface area contributed by atoms with Crippen LogP contribution in [0.25, 0.3) is 10.4 Å². The number of nitrogens with one attached hydrogen (secondary N) is 2. The first-order valence-corrected chi connectivity index (χ1v) is 15.7. The summed E-state index contributed by atoms with van der Waals surface area (Å²) in [5, 5.41) is 6.74. The van der Waals surface area contributed by atoms with Gasteiger partial charge in [0.05, 0.1) is 27.0 Å². The van der Waals surface area contributed by atoms with Gasteiger partial charge in [0, 0.05) is 18.7 Å². The third kappa shape index (κ3) is 9.05. The van der Waals surface area contributed by atoms with Crippen LogP contribution in [0.2, 0.25) is 5.02 Å². The fraction of sp³-hybridized carbons (Fsp3) is 0.577. The quantitative estimate of drug-likeness (QED) is 0.330. The number of anilines is 1. The van der Waals surface area contributed by atoms with Crippen LogP contribution in [0.15, 0.2) is 23.1 Å². The largest absolute Gasteiger partial charge is 0.461 e. The van der Waals surface area contributed by atoms with Gasteiger partial charge in [0.1, 0.15) is 6.10 Å². The van der Waals surface area contributed by atoms with Crippen LogP contribution in [0.1, 0.15) is 64.5 Å². The number of rotatable bonds is 12. The number of thiazole rings is 1. The van der Waals surface area contributed by atoms with Crippen LogP contribution in [0.4, 0.5) is 5.13 Å². The molecule has 204 valence electrons. The summed E-state index contributed by atoms with van der Waals surface area (Å²) in [5.74, 6) is 0.00114. The van der Waals surface area contributed by atoms with Crippen molar-refractivity contribution >= 4 is 49.8 Å². The second kappa shape index (κ2) is 13.2. The highest BCUT2D eigenvalue weighted by Crippen LogP contribution is 2.35. The molecule has 2 N–H and O–H groups in total. The van der Waals surface area contributed by atoms with Gasteiger partial charge in [0.15, 0.2) is 15.0 Å². The van der Waals surface area contributed by atoms with Crippen LogP contribution in [0, 0.1) is 12.8 Å². The van der Waals surface area contributed by atoms with Crippen molar-refractivity contribution in [2.24, 2.45) is 5.92 Å². The number of carbonyl (C=O) groups excluding carboxylic acids is 2. The molecule has 1 atom stereocenters. The van der Waals surface area contributed by atoms with Crippen molar-refractivity contribution in [2.45, 2.75) is 82.8 Å². The predicted molar refractivity (Wildman–Crippen MR) is 148 cm³/mol. The molecule has 1 saturated carbocycles. The summed E-state index contributed by atoms with van der Waals surface area (Å²) in [6.07, 6.45) is 6.94. The maximum Gasteiger partial charge on any atom is 0.320 e. The summed E-state index contributed by atoms with van der Waals surface area (Å²) in [6.45, 7) is 6.17. The fourth-order valence-corrected chi connectivity index (χ4v) is 6.75. The molecule has 8 nitrogen and oxygen atoms in total. The summed E-state index contributed by atoms with van der Waals surface area (Å²) in [4.78, 5) is 30.2. The highest BCUT2D eigenvalue weighted by molar-refractivity contribution is 7.90. The van der Waals surface area contributed by atoms with Gasteiger partial charge in [-0.1, -0.05) is 42.9 Å². The molecule has 1 aromatic heterocycles. The van der Waals surface area contributed by atoms with E-state index in [2.05, 4.69) is 29.5 Å². The molecule has 0 radical (unpaired) electrons. The number of nitrogens with zero attached hydrogens (tertiary/aromatic N) is 1. The van der Waals surface area contributed by atoms with Crippen molar-refractivity contribution < 1.29 is 22.7 Å². The van der Waals surface area contributed by atoms with E-state index in [0.29, 0.717) is 28.7 Å². The van der Waals surface area contributed by atoms with E-state index in [4.69, 9.17) is 16.3 Å². The summed E-state index contributed by atoms with van der Waals surface area (Å²) in [7, 11) is -3.48. The van der Waals surface area contributed by atoms with E-state index in [1.54, 1.807) is 12.1 Å². The predicted octanol–water partition coefficient (Wildman–Crippen LogP) is 5.38. The lowest BCUT2D eigenvalue weighted by Crippen LogP contribution is -2.37. The van der Waals surface area contributed by atoms with E-state index in [1.165, 1.54) is 17.4 Å². The molecule has 0 aliphatic heterocycles. The van der Waals surface area contributed by atoms with Crippen molar-refractivity contribution in [3.63, 3.8) is 0 Å². The lowest BCUT2D eigenvalue weighted by molar-refractivity contribution is -0.147. The highest BCUT2D eigenvalue weighted by atomic mass is 35.5. The third-order valence-electron chi connectivity index (χ3n) is 6.25. The Bertz CT molecular complexity index is 1210. The number of esters is 1. The Morgan fingerprint density at radius 3 is 2.59 bits per heavy atom. The van der Waals surface area contributed by atoms with Gasteiger partial charge in [0.2, 0.25) is 5.91 Å². The Morgan fingerprint density at radius 1 is 1.24 bits per heavy atom. The summed E-state index contributed by atoms with van der Waals surface area (Å²) in [6, 6.07) is 4.84. The molecule has 2 aromatic rings. The Balaban J connectivity index is 1.57. The van der Waals surface area contributed by atoms with Crippen LogP contribution in [-0.2, 0) is 24.2 Å². The van der Waals surface area contributed by atoms with E-state index in [9.17, 15) is 18.0 Å². The fourth-order valence-electron chi connectivity index (χ4n) is 4.47. The minimum absolute atomic E-state index is 0.0129. The molecule has 1 aliphatic carbocycles. The molecule has 1 fully saturated rings. The SMILES string of the molecule is Cc1nc(NC(=O)CC[C@@H](CC(C)C)NCC(=O)OC2CCCC2)sc1-c1ccc(Cl)c(S(C)(=O)=O)c1. The van der Waals surface area contributed by atoms with Crippen molar-refractivity contribution in [1.29, 1.82) is 0 Å². The number of aromatic nitrogens is 1. The molecule has 1 heterocycles. The molecule has 0 spiro atoms. The zero-order valence-electron chi connectivity index (χ0n) is 21.8. The average molecular weight is 570 g/mol. The molecule has 0 saturated heterocycles. The van der Waals surface area contributed by atoms with Gasteiger partial charge < -0.3 is 15.4 Å². The van der Waals surface area contributed by atoms with Crippen molar-refractivity contribution in [1.82, 2.24) is 10.3 Å². The maximum absolute atomic E-state index is 12.7. The van der Waals surface area contributed by atoms with E-state index in [1.807, 2.05) is 6.92 Å². The number of carbonyl (C=O) groups is 2. The number of halogens is 1. The van der Waals surface area contributed by atoms with Crippen molar-refractivity contribution in [3.8, 4) is 10.4 Å². The van der Waals surface area contributed by atoms with Crippen LogP contribution in [0.3, 0.4) is 0 Å². The number of ether oxygens (including phenoxy) is 1. The van der Waals surface area contributed by atoms with E-state index in [-0.39, 0.29) is 46.9 Å². The Morgan fingerprint density at radius 2 is 1.95 bits per heavy atom. The number of aryl methyl sites for hydroxylation is 1. The molecule has 1 aliphatic rings. The van der Waals surface area contributed by atoms with Crippen LogP contribution in [-0.4, -0.2) is 50.2 Å². The van der Waals surface area contributed by atoms with Crippen molar-refractivity contribution in [3.05, 3.63) is 28.9 Å². The molecule has 0 bridgehead atoms. The average Bonchev–Trinajstić information content (AvgIpc) is 3.44. The zero-order valence-corrected chi connectivity index (χ0v) is 24.2. The maximum atomic E-state index is 12.7. The summed E-state index contributed by atoms with van der Waals surface area (Å²) >= 11 is 7.35. The van der Waals surface area contributed by atoms with E-state index < -0.39 is 9.84 Å². The standard InChI is InChI=1S/C26H36ClN3O5S2/c1-16(2)13-19(28-15-24(32)35-20-7-5-6-8-20)10-12-23(31)30-26-29-17(3)25(36-26)18-9-11-21(27)22(14-18)37(4,33)34/h9,11,14,16,19-20,28H,5-8,10,12-13,15H2,1-4H3,(H,29,30,31)/t19-/m0/s1. The van der Waals surface area contributed by atoms with Crippen LogP contribution in [0.5, 0.6) is 0 Å². The second-order valence-electron chi connectivity index (χ2n) is 10.0. The third-order valence-corrected chi connectivity index (χ3v) is 8.95. The summed E-state index contributed by atoms with van der Waals surface area (Å²) < 4.78 is 29.6. The number of sulfone groups is 1. The first-order valence-electron chi connectivity index (χ1n) is 12.6. The van der Waals surface area contributed by atoms with E-state index in [0.717, 1.165) is 43.2 Å². The Hall–Kier alpha value is -2.01. The minimum Gasteiger partial charge on any atom is -0.461 e. The van der Waals surface area contributed by atoms with Gasteiger partial charge in [-0.2, -0.15) is 0 Å². The molecular weight excluding hydrogens is 534 g/mol. The molecule has 0 unspecified atom stereocenters. The normalized spacial score (nSPS) is 15.2. The highest BCUT2D eigenvalue weighted by Gasteiger charge is 2.21. The Kier molecular flexibility index (Phi) is 10.5. The van der Waals surface area contributed by atoms with Gasteiger partial charge in [-0.05, 0) is 69.1 Å². The number of hydrogen-bond donors (Lipinski definition) is 2. The lowest BCUT2D eigenvalue weighted by atomic mass is 9.99. The van der Waals surface area contributed by atoms with Crippen LogP contribution < -0.4 is 10.6 Å². The van der Waals surface area contributed by atoms with E-state index >= 15 is 0 Å². The first kappa shape index (κ1) is 29.5. The second-order valence-corrected chi connectivity index (χ2v) is 13.4. The number of benzene rings is 1. The molecule has 11 heteroatoms. The van der Waals surface area contributed by atoms with Gasteiger partial charge in [0.25, 0.3) is 0 Å². The molecule has 3 rings (SSSR count). The smallest absolute Gasteiger partial charge is 0.320 e. The Labute approximate surface area is 228 Å². The van der Waals surface area contributed by atoms with Gasteiger partial charge in [-0.25, -0.2) is 13.4 Å². The van der Waals surface area contributed by atoms with Crippen LogP contribution >= 0.6 is 22.9 Å². The van der Waals surface area contributed by atoms with Gasteiger partial charge >= 0.3 is 5.97 Å². The molecular formula is C26H36ClN3O5S2. The topological polar surface area (TPSA) is 114 Å². The zero-order chi connectivity index (χ0) is 27.2. The summed E-state index contributed by atoms with van der Waals surface area (Å²) in [5.41, 5.74) is 1.35. The van der Waals surface area contributed by atoms with Gasteiger partial charge in [-0.15, -0.1) is 0 Å². The minimum atomic E-state index is -3.48. The molecule has 1 amide bonds. The lowest BCUT2D eigenvalue weighted by Gasteiger charge is -2.20. The first-order chi connectivity index (χ1) is 17.4. The molecule has 37 heavy (non-hydrogen) atoms. The van der Waals surface area contributed by atoms with Crippen molar-refractivity contribution in [2.75, 3.05) is 18.1 Å². The number of amides is 1. The monoisotopic (exact) mass is 569 g/mol.